The van der Waals surface area contributed by atoms with Gasteiger partial charge in [0.05, 0.1) is 13.1 Å². The van der Waals surface area contributed by atoms with Gasteiger partial charge in [0.15, 0.2) is 0 Å². The number of rotatable bonds is 7. The van der Waals surface area contributed by atoms with Crippen LogP contribution in [0.2, 0.25) is 0 Å². The molecule has 0 atom stereocenters. The fraction of sp³-hybridized carbons (Fsp3) is 0.385. The van der Waals surface area contributed by atoms with Crippen LogP contribution >= 0.6 is 12.4 Å². The van der Waals surface area contributed by atoms with Crippen molar-refractivity contribution in [1.29, 1.82) is 0 Å². The lowest BCUT2D eigenvalue weighted by atomic mass is 10.1. The molecule has 10 heteroatoms. The fourth-order valence-corrected chi connectivity index (χ4v) is 1.58. The second-order valence-corrected chi connectivity index (χ2v) is 4.24. The highest BCUT2D eigenvalue weighted by Crippen LogP contribution is 2.26. The van der Waals surface area contributed by atoms with Gasteiger partial charge in [-0.2, -0.15) is 0 Å². The van der Waals surface area contributed by atoms with Gasteiger partial charge in [0.25, 0.3) is 0 Å². The predicted octanol–water partition coefficient (Wildman–Crippen LogP) is 0.741. The van der Waals surface area contributed by atoms with Crippen molar-refractivity contribution in [2.45, 2.75) is 12.8 Å². The molecule has 6 nitrogen and oxygen atoms in total. The summed E-state index contributed by atoms with van der Waals surface area (Å²) in [5, 5.41) is 4.74. The van der Waals surface area contributed by atoms with E-state index >= 15 is 0 Å². The molecule has 0 aliphatic heterocycles. The van der Waals surface area contributed by atoms with Crippen molar-refractivity contribution in [3.63, 3.8) is 0 Å². The minimum Gasteiger partial charge on any atom is -0.406 e. The zero-order valence-corrected chi connectivity index (χ0v) is 12.8. The van der Waals surface area contributed by atoms with E-state index < -0.39 is 18.2 Å². The van der Waals surface area contributed by atoms with Crippen LogP contribution in [0.1, 0.15) is 5.56 Å². The zero-order valence-electron chi connectivity index (χ0n) is 12.0. The van der Waals surface area contributed by atoms with Crippen molar-refractivity contribution < 1.29 is 27.5 Å². The number of nitrogens with two attached hydrogens (primary N) is 1. The second kappa shape index (κ2) is 9.90. The number of halogens is 4. The number of hydrogen-bond donors (Lipinski definition) is 3. The topological polar surface area (TPSA) is 93.5 Å². The number of para-hydroxylation sites is 1. The first-order valence-corrected chi connectivity index (χ1v) is 6.39. The molecule has 1 aromatic carbocycles. The van der Waals surface area contributed by atoms with Gasteiger partial charge >= 0.3 is 6.36 Å². The average molecular weight is 356 g/mol. The molecule has 0 spiro atoms. The number of hydrogen-bond acceptors (Lipinski definition) is 4. The van der Waals surface area contributed by atoms with Gasteiger partial charge < -0.3 is 21.1 Å². The Balaban J connectivity index is 0.00000484. The Bertz CT molecular complexity index is 527. The Labute approximate surface area is 137 Å². The molecule has 0 heterocycles. The summed E-state index contributed by atoms with van der Waals surface area (Å²) >= 11 is 0. The number of alkyl halides is 3. The molecule has 0 fully saturated rings. The van der Waals surface area contributed by atoms with E-state index in [2.05, 4.69) is 15.4 Å². The van der Waals surface area contributed by atoms with Crippen LogP contribution < -0.4 is 21.1 Å². The quantitative estimate of drug-likeness (QED) is 0.672. The first-order valence-electron chi connectivity index (χ1n) is 6.39. The highest BCUT2D eigenvalue weighted by atomic mass is 35.5. The smallest absolute Gasteiger partial charge is 0.406 e. The summed E-state index contributed by atoms with van der Waals surface area (Å²) in [6.07, 6.45) is -4.62. The van der Waals surface area contributed by atoms with Crippen LogP contribution in [0.4, 0.5) is 13.2 Å². The van der Waals surface area contributed by atoms with Gasteiger partial charge in [0.2, 0.25) is 11.8 Å². The van der Waals surface area contributed by atoms with E-state index in [9.17, 15) is 22.8 Å². The lowest BCUT2D eigenvalue weighted by Crippen LogP contribution is -2.40. The van der Waals surface area contributed by atoms with Crippen molar-refractivity contribution >= 4 is 24.2 Å². The summed E-state index contributed by atoms with van der Waals surface area (Å²) in [6, 6.07) is 5.67. The van der Waals surface area contributed by atoms with Crippen LogP contribution in [0.3, 0.4) is 0 Å². The minimum absolute atomic E-state index is 0. The first-order chi connectivity index (χ1) is 10.3. The normalized spacial score (nSPS) is 10.4. The van der Waals surface area contributed by atoms with Crippen LogP contribution in [-0.2, 0) is 16.0 Å². The molecular formula is C13H17ClF3N3O3. The van der Waals surface area contributed by atoms with Gasteiger partial charge in [0, 0.05) is 6.54 Å². The van der Waals surface area contributed by atoms with E-state index in [1.807, 2.05) is 0 Å². The molecule has 0 aliphatic rings. The molecule has 23 heavy (non-hydrogen) atoms. The number of ether oxygens (including phenoxy) is 1. The van der Waals surface area contributed by atoms with Gasteiger partial charge in [-0.05, 0) is 18.1 Å². The second-order valence-electron chi connectivity index (χ2n) is 4.24. The number of carbonyl (C=O) groups excluding carboxylic acids is 2. The summed E-state index contributed by atoms with van der Waals surface area (Å²) < 4.78 is 40.6. The van der Waals surface area contributed by atoms with Gasteiger partial charge in [-0.25, -0.2) is 0 Å². The van der Waals surface area contributed by atoms with Crippen LogP contribution in [0.25, 0.3) is 0 Å². The third-order valence-electron chi connectivity index (χ3n) is 2.55. The Kier molecular flexibility index (Phi) is 9.04. The van der Waals surface area contributed by atoms with Crippen LogP contribution in [0.15, 0.2) is 24.3 Å². The van der Waals surface area contributed by atoms with Gasteiger partial charge in [-0.15, -0.1) is 25.6 Å². The summed E-state index contributed by atoms with van der Waals surface area (Å²) in [4.78, 5) is 22.2. The fourth-order valence-electron chi connectivity index (χ4n) is 1.58. The standard InChI is InChI=1S/C13H16F3N3O3.ClH/c14-13(15,16)22-10-4-2-1-3-9(10)5-6-18-12(21)8-19-11(20)7-17;/h1-4H,5-8,17H2,(H,18,21)(H,19,20);1H. The van der Waals surface area contributed by atoms with E-state index in [1.165, 1.54) is 18.2 Å². The van der Waals surface area contributed by atoms with Crippen molar-refractivity contribution in [3.05, 3.63) is 29.8 Å². The molecule has 0 aliphatic carbocycles. The van der Waals surface area contributed by atoms with Crippen molar-refractivity contribution in [2.24, 2.45) is 5.73 Å². The van der Waals surface area contributed by atoms with Gasteiger partial charge in [-0.3, -0.25) is 9.59 Å². The Hall–Kier alpha value is -2.00. The average Bonchev–Trinajstić information content (AvgIpc) is 2.45. The van der Waals surface area contributed by atoms with E-state index in [-0.39, 0.29) is 44.2 Å². The molecule has 1 aromatic rings. The van der Waals surface area contributed by atoms with Crippen LogP contribution in [0.5, 0.6) is 5.75 Å². The largest absolute Gasteiger partial charge is 0.573 e. The number of benzene rings is 1. The maximum absolute atomic E-state index is 12.2. The van der Waals surface area contributed by atoms with Crippen LogP contribution in [0, 0.1) is 0 Å². The van der Waals surface area contributed by atoms with Gasteiger partial charge in [-0.1, -0.05) is 18.2 Å². The molecule has 0 radical (unpaired) electrons. The molecule has 130 valence electrons. The monoisotopic (exact) mass is 355 g/mol. The Morgan fingerprint density at radius 3 is 2.39 bits per heavy atom. The summed E-state index contributed by atoms with van der Waals surface area (Å²) in [6.45, 7) is -0.359. The van der Waals surface area contributed by atoms with Crippen LogP contribution in [-0.4, -0.2) is 37.8 Å². The van der Waals surface area contributed by atoms with Crippen molar-refractivity contribution in [1.82, 2.24) is 10.6 Å². The highest BCUT2D eigenvalue weighted by molar-refractivity contribution is 5.85. The number of nitrogens with one attached hydrogen (secondary N) is 2. The molecule has 0 unspecified atom stereocenters. The maximum atomic E-state index is 12.2. The van der Waals surface area contributed by atoms with E-state index in [0.29, 0.717) is 5.56 Å². The Morgan fingerprint density at radius 2 is 1.78 bits per heavy atom. The molecule has 2 amide bonds. The summed E-state index contributed by atoms with van der Waals surface area (Å²) in [7, 11) is 0. The molecule has 0 saturated carbocycles. The molecular weight excluding hydrogens is 339 g/mol. The molecule has 0 bridgehead atoms. The highest BCUT2D eigenvalue weighted by Gasteiger charge is 2.31. The van der Waals surface area contributed by atoms with E-state index in [0.717, 1.165) is 0 Å². The third kappa shape index (κ3) is 8.89. The molecule has 0 saturated heterocycles. The lowest BCUT2D eigenvalue weighted by Gasteiger charge is -2.13. The van der Waals surface area contributed by atoms with Crippen molar-refractivity contribution in [2.75, 3.05) is 19.6 Å². The first kappa shape index (κ1) is 21.0. The predicted molar refractivity (Wildman–Crippen MR) is 79.2 cm³/mol. The Morgan fingerprint density at radius 1 is 1.13 bits per heavy atom. The SMILES string of the molecule is Cl.NCC(=O)NCC(=O)NCCc1ccccc1OC(F)(F)F. The van der Waals surface area contributed by atoms with Gasteiger partial charge in [0.1, 0.15) is 5.75 Å². The molecule has 1 rings (SSSR count). The molecule has 0 aromatic heterocycles. The lowest BCUT2D eigenvalue weighted by molar-refractivity contribution is -0.274. The summed E-state index contributed by atoms with van der Waals surface area (Å²) in [5.41, 5.74) is 5.36. The zero-order chi connectivity index (χ0) is 16.6. The number of amides is 2. The maximum Gasteiger partial charge on any atom is 0.573 e. The number of carbonyl (C=O) groups is 2. The summed E-state index contributed by atoms with van der Waals surface area (Å²) in [5.74, 6) is -1.24. The van der Waals surface area contributed by atoms with Crippen molar-refractivity contribution in [3.8, 4) is 5.75 Å². The minimum atomic E-state index is -4.77. The van der Waals surface area contributed by atoms with E-state index in [1.54, 1.807) is 6.07 Å². The molecule has 4 N–H and O–H groups in total. The third-order valence-corrected chi connectivity index (χ3v) is 2.55. The van der Waals surface area contributed by atoms with E-state index in [4.69, 9.17) is 5.73 Å².